The van der Waals surface area contributed by atoms with Gasteiger partial charge in [0.1, 0.15) is 17.6 Å². The van der Waals surface area contributed by atoms with E-state index in [2.05, 4.69) is 43.3 Å². The summed E-state index contributed by atoms with van der Waals surface area (Å²) >= 11 is 0. The van der Waals surface area contributed by atoms with E-state index in [4.69, 9.17) is 9.47 Å². The molecule has 0 saturated heterocycles. The maximum atomic E-state index is 13.3. The van der Waals surface area contributed by atoms with Crippen molar-refractivity contribution in [1.82, 2.24) is 24.6 Å². The number of carbonyl (C=O) groups is 1. The third-order valence-corrected chi connectivity index (χ3v) is 6.84. The SMILES string of the molecule is C=C(CC(CC)(CC)C(=O)Nc1ccc(OC)nc1)Nc1cnc(-c2cc(OCC)cn3ncc(C#N)c23)cn1. The number of nitrogens with one attached hydrogen (secondary N) is 2. The van der Waals surface area contributed by atoms with E-state index < -0.39 is 5.41 Å². The van der Waals surface area contributed by atoms with Crippen molar-refractivity contribution in [3.05, 3.63) is 67.0 Å². The van der Waals surface area contributed by atoms with Gasteiger partial charge in [0.15, 0.2) is 0 Å². The molecule has 40 heavy (non-hydrogen) atoms. The summed E-state index contributed by atoms with van der Waals surface area (Å²) in [5, 5.41) is 20.0. The Morgan fingerprint density at radius 3 is 2.50 bits per heavy atom. The Bertz CT molecular complexity index is 1530. The zero-order valence-corrected chi connectivity index (χ0v) is 23.1. The van der Waals surface area contributed by atoms with Crippen LogP contribution in [0.5, 0.6) is 11.6 Å². The molecule has 4 heterocycles. The molecular formula is C29H32N8O3. The highest BCUT2D eigenvalue weighted by molar-refractivity contribution is 5.95. The van der Waals surface area contributed by atoms with Crippen LogP contribution < -0.4 is 20.1 Å². The summed E-state index contributed by atoms with van der Waals surface area (Å²) in [6.45, 7) is 10.5. The molecule has 0 saturated carbocycles. The topological polar surface area (TPSA) is 139 Å². The van der Waals surface area contributed by atoms with Gasteiger partial charge in [-0.2, -0.15) is 10.4 Å². The molecule has 4 aromatic heterocycles. The normalized spacial score (nSPS) is 11.1. The molecule has 11 heteroatoms. The molecule has 0 fully saturated rings. The minimum Gasteiger partial charge on any atom is -0.492 e. The molecule has 0 aromatic carbocycles. The van der Waals surface area contributed by atoms with Gasteiger partial charge < -0.3 is 20.1 Å². The van der Waals surface area contributed by atoms with Crippen LogP contribution in [-0.2, 0) is 4.79 Å². The molecule has 0 spiro atoms. The Hall–Kier alpha value is -4.98. The molecule has 0 aliphatic rings. The molecule has 0 radical (unpaired) electrons. The number of methoxy groups -OCH3 is 1. The first-order valence-corrected chi connectivity index (χ1v) is 13.0. The largest absolute Gasteiger partial charge is 0.492 e. The molecule has 4 rings (SSSR count). The number of pyridine rings is 2. The van der Waals surface area contributed by atoms with Gasteiger partial charge in [0.05, 0.1) is 72.6 Å². The summed E-state index contributed by atoms with van der Waals surface area (Å²) in [4.78, 5) is 26.6. The Balaban J connectivity index is 1.50. The van der Waals surface area contributed by atoms with E-state index in [0.29, 0.717) is 77.0 Å². The van der Waals surface area contributed by atoms with Crippen LogP contribution in [0.2, 0.25) is 0 Å². The third kappa shape index (κ3) is 5.86. The van der Waals surface area contributed by atoms with Crippen LogP contribution in [0.4, 0.5) is 11.5 Å². The molecule has 0 aliphatic heterocycles. The number of rotatable bonds is 12. The number of amides is 1. The van der Waals surface area contributed by atoms with E-state index >= 15 is 0 Å². The molecule has 11 nitrogen and oxygen atoms in total. The van der Waals surface area contributed by atoms with Crippen molar-refractivity contribution >= 4 is 22.9 Å². The van der Waals surface area contributed by atoms with Crippen molar-refractivity contribution in [1.29, 1.82) is 5.26 Å². The fraction of sp³-hybridized carbons (Fsp3) is 0.310. The van der Waals surface area contributed by atoms with E-state index in [1.54, 1.807) is 48.5 Å². The Kier molecular flexibility index (Phi) is 8.59. The maximum Gasteiger partial charge on any atom is 0.231 e. The Morgan fingerprint density at radius 1 is 1.10 bits per heavy atom. The van der Waals surface area contributed by atoms with Crippen molar-refractivity contribution in [2.75, 3.05) is 24.4 Å². The fourth-order valence-corrected chi connectivity index (χ4v) is 4.53. The van der Waals surface area contributed by atoms with Crippen LogP contribution in [0.3, 0.4) is 0 Å². The van der Waals surface area contributed by atoms with Crippen molar-refractivity contribution in [3.63, 3.8) is 0 Å². The summed E-state index contributed by atoms with van der Waals surface area (Å²) in [5.74, 6) is 1.46. The van der Waals surface area contributed by atoms with Gasteiger partial charge in [-0.25, -0.2) is 14.5 Å². The first-order chi connectivity index (χ1) is 19.4. The lowest BCUT2D eigenvalue weighted by molar-refractivity contribution is -0.126. The molecule has 0 unspecified atom stereocenters. The number of allylic oxidation sites excluding steroid dienone is 1. The predicted molar refractivity (Wildman–Crippen MR) is 152 cm³/mol. The van der Waals surface area contributed by atoms with E-state index in [9.17, 15) is 10.1 Å². The number of nitriles is 1. The van der Waals surface area contributed by atoms with E-state index in [0.717, 1.165) is 0 Å². The lowest BCUT2D eigenvalue weighted by Crippen LogP contribution is -2.36. The van der Waals surface area contributed by atoms with Crippen LogP contribution >= 0.6 is 0 Å². The first-order valence-electron chi connectivity index (χ1n) is 13.0. The number of hydrogen-bond acceptors (Lipinski definition) is 9. The van der Waals surface area contributed by atoms with Gasteiger partial charge in [-0.15, -0.1) is 0 Å². The molecular weight excluding hydrogens is 508 g/mol. The second-order valence-corrected chi connectivity index (χ2v) is 9.21. The smallest absolute Gasteiger partial charge is 0.231 e. The van der Waals surface area contributed by atoms with Crippen molar-refractivity contribution in [2.24, 2.45) is 5.41 Å². The minimum atomic E-state index is -0.682. The first kappa shape index (κ1) is 28.0. The summed E-state index contributed by atoms with van der Waals surface area (Å²) in [7, 11) is 1.54. The molecule has 1 amide bonds. The van der Waals surface area contributed by atoms with Gasteiger partial charge in [0.25, 0.3) is 0 Å². The number of anilines is 2. The fourth-order valence-electron chi connectivity index (χ4n) is 4.53. The lowest BCUT2D eigenvalue weighted by atomic mass is 9.77. The number of carbonyl (C=O) groups excluding carboxylic acids is 1. The Labute approximate surface area is 232 Å². The van der Waals surface area contributed by atoms with Crippen molar-refractivity contribution in [2.45, 2.75) is 40.0 Å². The maximum absolute atomic E-state index is 13.3. The Morgan fingerprint density at radius 2 is 1.90 bits per heavy atom. The van der Waals surface area contributed by atoms with Gasteiger partial charge >= 0.3 is 0 Å². The predicted octanol–water partition coefficient (Wildman–Crippen LogP) is 5.23. The van der Waals surface area contributed by atoms with Crippen molar-refractivity contribution < 1.29 is 14.3 Å². The number of hydrogen-bond donors (Lipinski definition) is 2. The van der Waals surface area contributed by atoms with Gasteiger partial charge in [-0.05, 0) is 31.9 Å². The van der Waals surface area contributed by atoms with Gasteiger partial charge in [-0.3, -0.25) is 9.78 Å². The number of aromatic nitrogens is 5. The van der Waals surface area contributed by atoms with E-state index in [1.807, 2.05) is 26.8 Å². The van der Waals surface area contributed by atoms with Crippen LogP contribution in [0, 0.1) is 16.7 Å². The molecule has 0 bridgehead atoms. The van der Waals surface area contributed by atoms with E-state index in [1.165, 1.54) is 6.20 Å². The number of fused-ring (bicyclic) bond motifs is 1. The summed E-state index contributed by atoms with van der Waals surface area (Å²) < 4.78 is 12.4. The highest BCUT2D eigenvalue weighted by atomic mass is 16.5. The molecule has 0 atom stereocenters. The molecule has 0 aliphatic carbocycles. The second kappa shape index (κ2) is 12.3. The average molecular weight is 541 g/mol. The van der Waals surface area contributed by atoms with Gasteiger partial charge in [-0.1, -0.05) is 20.4 Å². The molecule has 2 N–H and O–H groups in total. The average Bonchev–Trinajstić information content (AvgIpc) is 3.39. The van der Waals surface area contributed by atoms with Gasteiger partial charge in [0, 0.05) is 23.7 Å². The van der Waals surface area contributed by atoms with Crippen LogP contribution in [-0.4, -0.2) is 44.2 Å². The lowest BCUT2D eigenvalue weighted by Gasteiger charge is -2.31. The summed E-state index contributed by atoms with van der Waals surface area (Å²) in [6.07, 6.45) is 9.64. The van der Waals surface area contributed by atoms with Crippen LogP contribution in [0.25, 0.3) is 16.8 Å². The molecule has 206 valence electrons. The summed E-state index contributed by atoms with van der Waals surface area (Å²) in [6, 6.07) is 7.45. The van der Waals surface area contributed by atoms with Gasteiger partial charge in [0.2, 0.25) is 11.8 Å². The number of ether oxygens (including phenoxy) is 2. The van der Waals surface area contributed by atoms with Crippen LogP contribution in [0.1, 0.15) is 45.6 Å². The zero-order valence-electron chi connectivity index (χ0n) is 23.1. The second-order valence-electron chi connectivity index (χ2n) is 9.21. The standard InChI is InChI=1S/C29H32N8O3/c1-6-29(7-2,28(38)36-21-9-10-26(39-5)33-15-21)12-19(4)35-25-17-31-24(16-32-25)23-11-22(40-8-3)18-37-27(23)20(13-30)14-34-37/h9-11,14-18H,4,6-8,12H2,1-3,5H3,(H,32,35)(H,36,38). The number of nitrogens with zero attached hydrogens (tertiary/aromatic N) is 6. The van der Waals surface area contributed by atoms with Crippen molar-refractivity contribution in [3.8, 4) is 29.0 Å². The minimum absolute atomic E-state index is 0.110. The monoisotopic (exact) mass is 540 g/mol. The highest BCUT2D eigenvalue weighted by Gasteiger charge is 2.35. The van der Waals surface area contributed by atoms with Crippen LogP contribution in [0.15, 0.2) is 61.5 Å². The zero-order chi connectivity index (χ0) is 28.7. The molecule has 4 aromatic rings. The third-order valence-electron chi connectivity index (χ3n) is 6.84. The summed E-state index contributed by atoms with van der Waals surface area (Å²) in [5.41, 5.74) is 2.84. The highest BCUT2D eigenvalue weighted by Crippen LogP contribution is 2.35. The van der Waals surface area contributed by atoms with E-state index in [-0.39, 0.29) is 5.91 Å². The quantitative estimate of drug-likeness (QED) is 0.247.